The van der Waals surface area contributed by atoms with Crippen LogP contribution in [0.25, 0.3) is 0 Å². The van der Waals surface area contributed by atoms with Gasteiger partial charge < -0.3 is 13.9 Å². The van der Waals surface area contributed by atoms with Crippen LogP contribution in [0.3, 0.4) is 0 Å². The number of hydrogen-bond donors (Lipinski definition) is 1. The van der Waals surface area contributed by atoms with Crippen LogP contribution in [0, 0.1) is 0 Å². The first-order chi connectivity index (χ1) is 9.01. The van der Waals surface area contributed by atoms with Crippen molar-refractivity contribution in [2.24, 2.45) is 5.90 Å². The molecule has 0 aliphatic rings. The minimum atomic E-state index is -4.41. The van der Waals surface area contributed by atoms with Crippen LogP contribution in [0.1, 0.15) is 13.3 Å². The summed E-state index contributed by atoms with van der Waals surface area (Å²) in [6.07, 6.45) is 2.22. The third-order valence-electron chi connectivity index (χ3n) is 2.86. The zero-order chi connectivity index (χ0) is 16.4. The molecule has 0 aromatic heterocycles. The monoisotopic (exact) mass is 312 g/mol. The molecule has 0 rings (SSSR count). The molecular formula is C11H24N2O6S. The molecule has 0 aliphatic carbocycles. The maximum Gasteiger partial charge on any atom is 0.217 e. The summed E-state index contributed by atoms with van der Waals surface area (Å²) in [5.74, 6) is 5.00. The Kier molecular flexibility index (Phi) is 10.7. The molecule has 0 aliphatic heterocycles. The summed E-state index contributed by atoms with van der Waals surface area (Å²) in [6, 6.07) is -0.0646. The van der Waals surface area contributed by atoms with Gasteiger partial charge in [0.2, 0.25) is 16.2 Å². The van der Waals surface area contributed by atoms with Crippen molar-refractivity contribution >= 4 is 16.2 Å². The van der Waals surface area contributed by atoms with Gasteiger partial charge in [0, 0.05) is 6.42 Å². The fourth-order valence-corrected chi connectivity index (χ4v) is 1.26. The van der Waals surface area contributed by atoms with Crippen molar-refractivity contribution in [1.82, 2.24) is 0 Å². The van der Waals surface area contributed by atoms with E-state index in [0.717, 1.165) is 20.1 Å². The fraction of sp³-hybridized carbons (Fsp3) is 0.727. The van der Waals surface area contributed by atoms with E-state index < -0.39 is 10.4 Å². The highest BCUT2D eigenvalue weighted by atomic mass is 32.3. The van der Waals surface area contributed by atoms with E-state index in [1.165, 1.54) is 6.08 Å². The van der Waals surface area contributed by atoms with Crippen LogP contribution >= 0.6 is 0 Å². The normalized spacial score (nSPS) is 13.1. The van der Waals surface area contributed by atoms with E-state index in [2.05, 4.69) is 15.6 Å². The van der Waals surface area contributed by atoms with Gasteiger partial charge in [0.25, 0.3) is 0 Å². The highest BCUT2D eigenvalue weighted by Gasteiger charge is 2.27. The van der Waals surface area contributed by atoms with Crippen molar-refractivity contribution in [3.8, 4) is 0 Å². The molecule has 0 amide bonds. The van der Waals surface area contributed by atoms with E-state index in [0.29, 0.717) is 11.1 Å². The Labute approximate surface area is 120 Å². The number of hydrogen-bond acceptors (Lipinski definition) is 7. The average Bonchev–Trinajstić information content (AvgIpc) is 2.37. The van der Waals surface area contributed by atoms with Gasteiger partial charge in [-0.25, -0.2) is 14.3 Å². The first-order valence-electron chi connectivity index (χ1n) is 5.84. The second-order valence-corrected chi connectivity index (χ2v) is 5.73. The van der Waals surface area contributed by atoms with Crippen LogP contribution in [0.15, 0.2) is 12.7 Å². The van der Waals surface area contributed by atoms with Gasteiger partial charge in [-0.2, -0.15) is 0 Å². The molecule has 9 heteroatoms. The number of rotatable bonds is 8. The number of nitrogens with zero attached hydrogens (tertiary/aromatic N) is 1. The number of ketones is 1. The maximum absolute atomic E-state index is 11.4. The molecule has 0 aromatic carbocycles. The van der Waals surface area contributed by atoms with Gasteiger partial charge in [-0.3, -0.25) is 8.98 Å². The quantitative estimate of drug-likeness (QED) is 0.161. The summed E-state index contributed by atoms with van der Waals surface area (Å²) < 4.78 is 31.7. The molecule has 0 bridgehead atoms. The second-order valence-electron chi connectivity index (χ2n) is 4.58. The molecule has 1 atom stereocenters. The van der Waals surface area contributed by atoms with Gasteiger partial charge in [0.05, 0.1) is 34.4 Å². The molecule has 0 fully saturated rings. The average molecular weight is 312 g/mol. The van der Waals surface area contributed by atoms with E-state index in [4.69, 9.17) is 5.90 Å². The summed E-state index contributed by atoms with van der Waals surface area (Å²) >= 11 is 0. The van der Waals surface area contributed by atoms with Crippen LogP contribution in [0.5, 0.6) is 0 Å². The van der Waals surface area contributed by atoms with Crippen molar-refractivity contribution in [1.29, 1.82) is 0 Å². The smallest absolute Gasteiger partial charge is 0.217 e. The molecule has 2 N–H and O–H groups in total. The Hall–Kier alpha value is -0.840. The zero-order valence-electron chi connectivity index (χ0n) is 12.4. The first-order valence-corrected chi connectivity index (χ1v) is 7.17. The Balaban J connectivity index is 0. The molecule has 120 valence electrons. The second kappa shape index (κ2) is 9.97. The van der Waals surface area contributed by atoms with Crippen molar-refractivity contribution < 1.29 is 31.3 Å². The van der Waals surface area contributed by atoms with Gasteiger partial charge in [-0.1, -0.05) is 6.58 Å². The van der Waals surface area contributed by atoms with Crippen molar-refractivity contribution in [3.05, 3.63) is 12.7 Å². The summed E-state index contributed by atoms with van der Waals surface area (Å²) in [6.45, 7) is 6.78. The van der Waals surface area contributed by atoms with Gasteiger partial charge in [-0.05, 0) is 13.0 Å². The number of quaternary nitrogens is 1. The lowest BCUT2D eigenvalue weighted by atomic mass is 10.1. The Morgan fingerprint density at radius 1 is 1.50 bits per heavy atom. The first kappa shape index (κ1) is 21.5. The lowest BCUT2D eigenvalue weighted by Gasteiger charge is -2.34. The van der Waals surface area contributed by atoms with Gasteiger partial charge in [0.15, 0.2) is 0 Å². The Bertz CT molecular complexity index is 394. The SMILES string of the molecule is C=CC(=O)C(C)[N+](C)(C)CCCON.COS(=O)(=O)[O-]. The summed E-state index contributed by atoms with van der Waals surface area (Å²) in [5, 5.41) is 0. The number of carbonyl (C=O) groups excluding carboxylic acids is 1. The molecular weight excluding hydrogens is 288 g/mol. The van der Waals surface area contributed by atoms with Crippen LogP contribution in [0.2, 0.25) is 0 Å². The third kappa shape index (κ3) is 11.0. The van der Waals surface area contributed by atoms with Gasteiger partial charge in [-0.15, -0.1) is 0 Å². The summed E-state index contributed by atoms with van der Waals surface area (Å²) in [4.78, 5) is 15.9. The lowest BCUT2D eigenvalue weighted by Crippen LogP contribution is -2.51. The number of likely N-dealkylation sites (N-methyl/N-ethyl adjacent to an activating group) is 1. The largest absolute Gasteiger partial charge is 0.726 e. The molecule has 0 heterocycles. The van der Waals surface area contributed by atoms with Crippen molar-refractivity contribution in [2.45, 2.75) is 19.4 Å². The molecule has 20 heavy (non-hydrogen) atoms. The molecule has 0 radical (unpaired) electrons. The topological polar surface area (TPSA) is 119 Å². The Morgan fingerprint density at radius 3 is 2.25 bits per heavy atom. The zero-order valence-corrected chi connectivity index (χ0v) is 13.2. The van der Waals surface area contributed by atoms with Gasteiger partial charge in [0.1, 0.15) is 6.04 Å². The minimum Gasteiger partial charge on any atom is -0.726 e. The van der Waals surface area contributed by atoms with E-state index in [-0.39, 0.29) is 11.8 Å². The predicted octanol–water partition coefficient (Wildman–Crippen LogP) is -0.420. The maximum atomic E-state index is 11.4. The summed E-state index contributed by atoms with van der Waals surface area (Å²) in [5.41, 5.74) is 0. The fourth-order valence-electron chi connectivity index (χ4n) is 1.26. The molecule has 0 saturated heterocycles. The van der Waals surface area contributed by atoms with Crippen molar-refractivity contribution in [3.63, 3.8) is 0 Å². The third-order valence-corrected chi connectivity index (χ3v) is 3.27. The molecule has 1 unspecified atom stereocenters. The molecule has 8 nitrogen and oxygen atoms in total. The van der Waals surface area contributed by atoms with Gasteiger partial charge >= 0.3 is 0 Å². The number of carbonyl (C=O) groups is 1. The van der Waals surface area contributed by atoms with Crippen LogP contribution < -0.4 is 5.90 Å². The van der Waals surface area contributed by atoms with Crippen molar-refractivity contribution in [2.75, 3.05) is 34.4 Å². The molecule has 0 aromatic rings. The van der Waals surface area contributed by atoms with E-state index >= 15 is 0 Å². The van der Waals surface area contributed by atoms with E-state index in [1.807, 2.05) is 21.0 Å². The van der Waals surface area contributed by atoms with Crippen LogP contribution in [-0.2, 0) is 24.2 Å². The highest BCUT2D eigenvalue weighted by molar-refractivity contribution is 7.80. The highest BCUT2D eigenvalue weighted by Crippen LogP contribution is 2.09. The van der Waals surface area contributed by atoms with Crippen LogP contribution in [0.4, 0.5) is 0 Å². The minimum absolute atomic E-state index is 0.0646. The Morgan fingerprint density at radius 2 is 1.95 bits per heavy atom. The van der Waals surface area contributed by atoms with E-state index in [1.54, 1.807) is 0 Å². The van der Waals surface area contributed by atoms with E-state index in [9.17, 15) is 17.8 Å². The van der Waals surface area contributed by atoms with Crippen LogP contribution in [-0.4, -0.2) is 63.6 Å². The standard InChI is InChI=1S/C10H21N2O2.CH4O4S/c1-5-10(13)9(2)12(3,4)7-6-8-14-11;1-5-6(2,3)4/h5,9H,1,6-8,11H2,2-4H3;1H3,(H,2,3,4)/q+1;/p-1. The lowest BCUT2D eigenvalue weighted by molar-refractivity contribution is -0.903. The molecule has 0 spiro atoms. The summed E-state index contributed by atoms with van der Waals surface area (Å²) in [7, 11) is 0.429. The molecule has 0 saturated carbocycles. The predicted molar refractivity (Wildman–Crippen MR) is 73.1 cm³/mol. The number of nitrogens with two attached hydrogens (primary N) is 1.